The molecule has 1 aromatic heterocycles. The fraction of sp³-hybridized carbons (Fsp3) is 0.522. The van der Waals surface area contributed by atoms with Crippen LogP contribution in [0.25, 0.3) is 10.6 Å². The number of likely N-dealkylation sites (tertiary alicyclic amines) is 1. The summed E-state index contributed by atoms with van der Waals surface area (Å²) in [6, 6.07) is 8.72. The van der Waals surface area contributed by atoms with E-state index >= 15 is 0 Å². The van der Waals surface area contributed by atoms with Crippen LogP contribution >= 0.6 is 11.3 Å². The minimum atomic E-state index is -5.08. The lowest BCUT2D eigenvalue weighted by Crippen LogP contribution is -2.34. The van der Waals surface area contributed by atoms with Crippen molar-refractivity contribution in [1.82, 2.24) is 9.88 Å². The van der Waals surface area contributed by atoms with Crippen LogP contribution in [0.1, 0.15) is 55.9 Å². The molecule has 0 bridgehead atoms. The van der Waals surface area contributed by atoms with E-state index in [2.05, 4.69) is 48.0 Å². The number of benzene rings is 1. The summed E-state index contributed by atoms with van der Waals surface area (Å²) < 4.78 is 31.7. The van der Waals surface area contributed by atoms with E-state index in [4.69, 9.17) is 15.0 Å². The maximum Gasteiger partial charge on any atom is 0.490 e. The number of hydrogen-bond donors (Lipinski definition) is 2. The Kier molecular flexibility index (Phi) is 9.85. The lowest BCUT2D eigenvalue weighted by Gasteiger charge is -2.32. The highest BCUT2D eigenvalue weighted by Crippen LogP contribution is 2.29. The Morgan fingerprint density at radius 2 is 1.85 bits per heavy atom. The highest BCUT2D eigenvalue weighted by molar-refractivity contribution is 7.15. The van der Waals surface area contributed by atoms with Gasteiger partial charge in [0.05, 0.1) is 0 Å². The second-order valence-corrected chi connectivity index (χ2v) is 9.50. The minimum absolute atomic E-state index is 0.287. The number of carboxylic acids is 2. The average Bonchev–Trinajstić information content (AvgIpc) is 3.21. The van der Waals surface area contributed by atoms with Gasteiger partial charge in [0.25, 0.3) is 0 Å². The van der Waals surface area contributed by atoms with Crippen LogP contribution in [0.15, 0.2) is 30.5 Å². The summed E-state index contributed by atoms with van der Waals surface area (Å²) in [5.74, 6) is -2.38. The molecular weight excluding hydrogens is 457 g/mol. The van der Waals surface area contributed by atoms with Crippen LogP contribution in [0.4, 0.5) is 13.2 Å². The molecule has 2 N–H and O–H groups in total. The number of alkyl halides is 3. The molecule has 1 aliphatic heterocycles. The Morgan fingerprint density at radius 3 is 2.39 bits per heavy atom. The molecule has 10 heteroatoms. The van der Waals surface area contributed by atoms with Crippen molar-refractivity contribution in [2.75, 3.05) is 13.1 Å². The number of halogens is 3. The summed E-state index contributed by atoms with van der Waals surface area (Å²) in [7, 11) is 0. The molecular formula is C23H29F3N2O4S. The number of hydrogen-bond acceptors (Lipinski definition) is 5. The number of piperidine rings is 1. The van der Waals surface area contributed by atoms with E-state index in [0.29, 0.717) is 11.8 Å². The zero-order chi connectivity index (χ0) is 24.6. The van der Waals surface area contributed by atoms with Crippen LogP contribution in [-0.4, -0.2) is 51.3 Å². The first kappa shape index (κ1) is 26.8. The molecule has 1 unspecified atom stereocenters. The van der Waals surface area contributed by atoms with Gasteiger partial charge in [-0.2, -0.15) is 13.2 Å². The molecule has 6 nitrogen and oxygen atoms in total. The minimum Gasteiger partial charge on any atom is -0.481 e. The summed E-state index contributed by atoms with van der Waals surface area (Å²) >= 11 is 1.77. The number of rotatable bonds is 7. The zero-order valence-corrected chi connectivity index (χ0v) is 19.5. The van der Waals surface area contributed by atoms with Crippen LogP contribution in [0.5, 0.6) is 0 Å². The number of aliphatic carboxylic acids is 2. The number of nitrogens with zero attached hydrogens (tertiary/aromatic N) is 2. The van der Waals surface area contributed by atoms with Gasteiger partial charge in [0.2, 0.25) is 0 Å². The van der Waals surface area contributed by atoms with Crippen molar-refractivity contribution >= 4 is 23.3 Å². The van der Waals surface area contributed by atoms with E-state index in [0.717, 1.165) is 43.9 Å². The fourth-order valence-electron chi connectivity index (χ4n) is 3.60. The van der Waals surface area contributed by atoms with Crippen LogP contribution < -0.4 is 0 Å². The Morgan fingerprint density at radius 1 is 1.21 bits per heavy atom. The van der Waals surface area contributed by atoms with E-state index in [1.165, 1.54) is 16.0 Å². The number of carboxylic acid groups (broad SMARTS) is 2. The van der Waals surface area contributed by atoms with E-state index in [1.807, 2.05) is 6.20 Å². The molecule has 1 atom stereocenters. The number of thiazole rings is 1. The molecule has 0 saturated carbocycles. The maximum absolute atomic E-state index is 10.8. The first-order valence-electron chi connectivity index (χ1n) is 10.7. The van der Waals surface area contributed by atoms with Crippen molar-refractivity contribution in [3.8, 4) is 10.6 Å². The smallest absolute Gasteiger partial charge is 0.481 e. The van der Waals surface area contributed by atoms with Gasteiger partial charge in [-0.25, -0.2) is 9.78 Å². The molecule has 1 saturated heterocycles. The number of carbonyl (C=O) groups is 2. The Labute approximate surface area is 195 Å². The third-order valence-electron chi connectivity index (χ3n) is 5.37. The van der Waals surface area contributed by atoms with Gasteiger partial charge < -0.3 is 10.2 Å². The summed E-state index contributed by atoms with van der Waals surface area (Å²) in [5.41, 5.74) is 2.54. The third kappa shape index (κ3) is 9.13. The van der Waals surface area contributed by atoms with Crippen LogP contribution in [0, 0.1) is 5.92 Å². The second-order valence-electron chi connectivity index (χ2n) is 8.39. The van der Waals surface area contributed by atoms with Crippen molar-refractivity contribution in [3.05, 3.63) is 40.9 Å². The van der Waals surface area contributed by atoms with Gasteiger partial charge >= 0.3 is 18.1 Å². The van der Waals surface area contributed by atoms with Gasteiger partial charge in [0.1, 0.15) is 5.01 Å². The van der Waals surface area contributed by atoms with Crippen molar-refractivity contribution in [2.24, 2.45) is 5.92 Å². The van der Waals surface area contributed by atoms with Crippen molar-refractivity contribution < 1.29 is 33.0 Å². The predicted octanol–water partition coefficient (Wildman–Crippen LogP) is 5.64. The van der Waals surface area contributed by atoms with Crippen molar-refractivity contribution in [1.29, 1.82) is 0 Å². The Hall–Kier alpha value is -2.46. The second kappa shape index (κ2) is 12.1. The Balaban J connectivity index is 0.000000479. The van der Waals surface area contributed by atoms with Crippen LogP contribution in [0.2, 0.25) is 0 Å². The fourth-order valence-corrected chi connectivity index (χ4v) is 4.56. The monoisotopic (exact) mass is 486 g/mol. The lowest BCUT2D eigenvalue weighted by molar-refractivity contribution is -0.192. The third-order valence-corrected chi connectivity index (χ3v) is 6.40. The summed E-state index contributed by atoms with van der Waals surface area (Å²) in [5, 5.41) is 17.1. The Bertz CT molecular complexity index is 913. The van der Waals surface area contributed by atoms with Crippen LogP contribution in [-0.2, 0) is 16.1 Å². The quantitative estimate of drug-likeness (QED) is 0.526. The zero-order valence-electron chi connectivity index (χ0n) is 18.6. The van der Waals surface area contributed by atoms with Gasteiger partial charge in [-0.1, -0.05) is 38.1 Å². The van der Waals surface area contributed by atoms with Crippen molar-refractivity contribution in [3.63, 3.8) is 0 Å². The van der Waals surface area contributed by atoms with Gasteiger partial charge in [-0.15, -0.1) is 11.3 Å². The summed E-state index contributed by atoms with van der Waals surface area (Å²) in [6.07, 6.45) is 0.307. The first-order chi connectivity index (χ1) is 15.5. The standard InChI is InChI=1S/C21H28N2O2S.C2HF3O2/c1-15(2)17-6-8-18(9-7-17)21-22-12-19(26-21)14-23-11-3-4-16(13-23)5-10-20(24)25;3-2(4,5)1(6)7/h6-9,12,15-16H,3-5,10-11,13-14H2,1-2H3,(H,24,25);(H,6,7). The van der Waals surface area contributed by atoms with E-state index in [1.54, 1.807) is 11.3 Å². The normalized spacial score (nSPS) is 16.8. The van der Waals surface area contributed by atoms with E-state index < -0.39 is 18.1 Å². The van der Waals surface area contributed by atoms with Gasteiger partial charge in [-0.05, 0) is 43.2 Å². The first-order valence-corrected chi connectivity index (χ1v) is 11.6. The molecule has 0 amide bonds. The van der Waals surface area contributed by atoms with Gasteiger partial charge in [-0.3, -0.25) is 9.69 Å². The molecule has 0 aliphatic carbocycles. The summed E-state index contributed by atoms with van der Waals surface area (Å²) in [6.45, 7) is 7.44. The SMILES string of the molecule is CC(C)c1ccc(-c2ncc(CN3CCCC(CCC(=O)O)C3)s2)cc1.O=C(O)C(F)(F)F. The van der Waals surface area contributed by atoms with Crippen molar-refractivity contribution in [2.45, 2.75) is 58.2 Å². The van der Waals surface area contributed by atoms with E-state index in [9.17, 15) is 18.0 Å². The molecule has 1 fully saturated rings. The predicted molar refractivity (Wildman–Crippen MR) is 120 cm³/mol. The molecule has 0 radical (unpaired) electrons. The van der Waals surface area contributed by atoms with Gasteiger partial charge in [0, 0.05) is 36.1 Å². The molecule has 2 heterocycles. The molecule has 2 aromatic rings. The molecule has 0 spiro atoms. The highest BCUT2D eigenvalue weighted by atomic mass is 32.1. The molecule has 33 heavy (non-hydrogen) atoms. The summed E-state index contributed by atoms with van der Waals surface area (Å²) in [4.78, 5) is 28.0. The molecule has 182 valence electrons. The average molecular weight is 487 g/mol. The maximum atomic E-state index is 10.8. The largest absolute Gasteiger partial charge is 0.490 e. The highest BCUT2D eigenvalue weighted by Gasteiger charge is 2.38. The lowest BCUT2D eigenvalue weighted by atomic mass is 9.93. The molecule has 3 rings (SSSR count). The van der Waals surface area contributed by atoms with Crippen LogP contribution in [0.3, 0.4) is 0 Å². The van der Waals surface area contributed by atoms with E-state index in [-0.39, 0.29) is 6.42 Å². The number of aromatic nitrogens is 1. The van der Waals surface area contributed by atoms with Gasteiger partial charge in [0.15, 0.2) is 0 Å². The molecule has 1 aliphatic rings. The molecule has 1 aromatic carbocycles. The topological polar surface area (TPSA) is 90.7 Å².